The Bertz CT molecular complexity index is 1270. The molecule has 1 unspecified atom stereocenters. The molecule has 1 amide bonds. The van der Waals surface area contributed by atoms with Gasteiger partial charge in [0.15, 0.2) is 5.82 Å². The Balaban J connectivity index is 2.00. The van der Waals surface area contributed by atoms with Crippen molar-refractivity contribution in [3.8, 4) is 22.5 Å². The van der Waals surface area contributed by atoms with Gasteiger partial charge >= 0.3 is 6.09 Å². The van der Waals surface area contributed by atoms with Gasteiger partial charge in [-0.15, -0.1) is 0 Å². The summed E-state index contributed by atoms with van der Waals surface area (Å²) in [5, 5.41) is 10.1. The van der Waals surface area contributed by atoms with Crippen LogP contribution in [0, 0.1) is 11.6 Å². The van der Waals surface area contributed by atoms with E-state index in [0.717, 1.165) is 6.07 Å². The van der Waals surface area contributed by atoms with Gasteiger partial charge in [-0.3, -0.25) is 4.68 Å². The van der Waals surface area contributed by atoms with Crippen LogP contribution in [0.15, 0.2) is 30.6 Å². The third kappa shape index (κ3) is 7.00. The van der Waals surface area contributed by atoms with Crippen LogP contribution in [0.1, 0.15) is 40.2 Å². The number of amides is 1. The minimum absolute atomic E-state index is 0.0546. The molecule has 0 radical (unpaired) electrons. The zero-order valence-corrected chi connectivity index (χ0v) is 22.2. The Morgan fingerprint density at radius 1 is 1.22 bits per heavy atom. The van der Waals surface area contributed by atoms with Gasteiger partial charge in [-0.1, -0.05) is 6.92 Å². The van der Waals surface area contributed by atoms with Crippen LogP contribution in [-0.2, 0) is 15.7 Å². The molecule has 13 heteroatoms. The highest BCUT2D eigenvalue weighted by atomic mass is 32.2. The number of hydrogen-bond acceptors (Lipinski definition) is 7. The Hall–Kier alpha value is -3.61. The number of hydrogen-bond donors (Lipinski definition) is 3. The van der Waals surface area contributed by atoms with Gasteiger partial charge in [-0.05, 0) is 45.4 Å². The lowest BCUT2D eigenvalue weighted by Gasteiger charge is -2.14. The maximum absolute atomic E-state index is 15.6. The molecule has 0 aliphatic carbocycles. The summed E-state index contributed by atoms with van der Waals surface area (Å²) < 4.78 is 51.6. The molecule has 2 aromatic heterocycles. The van der Waals surface area contributed by atoms with Crippen molar-refractivity contribution in [3.05, 3.63) is 42.2 Å². The van der Waals surface area contributed by atoms with E-state index in [1.165, 1.54) is 19.4 Å². The maximum atomic E-state index is 15.6. The number of methoxy groups -OCH3 is 1. The van der Waals surface area contributed by atoms with E-state index in [4.69, 9.17) is 0 Å². The highest BCUT2D eigenvalue weighted by Gasteiger charge is 2.24. The number of anilines is 2. The van der Waals surface area contributed by atoms with Crippen molar-refractivity contribution in [2.75, 3.05) is 29.4 Å². The summed E-state index contributed by atoms with van der Waals surface area (Å²) in [6, 6.07) is 3.57. The Kier molecular flexibility index (Phi) is 9.50. The van der Waals surface area contributed by atoms with Gasteiger partial charge in [0, 0.05) is 42.3 Å². The first-order valence-corrected chi connectivity index (χ1v) is 13.1. The van der Waals surface area contributed by atoms with Gasteiger partial charge in [-0.2, -0.15) is 5.10 Å². The summed E-state index contributed by atoms with van der Waals surface area (Å²) in [4.78, 5) is 20.1. The quantitative estimate of drug-likeness (QED) is 0.330. The van der Waals surface area contributed by atoms with Crippen molar-refractivity contribution in [2.45, 2.75) is 46.2 Å². The molecule has 0 aliphatic rings. The highest BCUT2D eigenvalue weighted by molar-refractivity contribution is 7.86. The number of halogens is 2. The molecule has 0 aliphatic heterocycles. The van der Waals surface area contributed by atoms with Gasteiger partial charge in [0.1, 0.15) is 22.5 Å². The molecule has 0 bridgehead atoms. The van der Waals surface area contributed by atoms with E-state index in [1.807, 2.05) is 20.8 Å². The predicted octanol–water partition coefficient (Wildman–Crippen LogP) is 4.51. The largest absolute Gasteiger partial charge is 0.453 e. The van der Waals surface area contributed by atoms with E-state index in [-0.39, 0.29) is 35.0 Å². The second-order valence-corrected chi connectivity index (χ2v) is 9.89. The fourth-order valence-corrected chi connectivity index (χ4v) is 4.26. The molecule has 37 heavy (non-hydrogen) atoms. The Labute approximate surface area is 216 Å². The predicted molar refractivity (Wildman–Crippen MR) is 139 cm³/mol. The summed E-state index contributed by atoms with van der Waals surface area (Å²) in [5.41, 5.74) is 0.408. The molecular formula is C24H31F2N7O3S. The summed E-state index contributed by atoms with van der Waals surface area (Å²) >= 11 is 0. The van der Waals surface area contributed by atoms with Crippen LogP contribution >= 0.6 is 0 Å². The number of carbonyl (C=O) groups excluding carboxylic acids is 1. The van der Waals surface area contributed by atoms with Crippen LogP contribution in [0.3, 0.4) is 0 Å². The lowest BCUT2D eigenvalue weighted by Crippen LogP contribution is -2.37. The maximum Gasteiger partial charge on any atom is 0.407 e. The van der Waals surface area contributed by atoms with Gasteiger partial charge in [0.05, 0.1) is 24.1 Å². The van der Waals surface area contributed by atoms with Crippen LogP contribution in [0.2, 0.25) is 0 Å². The first-order chi connectivity index (χ1) is 17.6. The average molecular weight is 536 g/mol. The minimum Gasteiger partial charge on any atom is -0.453 e. The van der Waals surface area contributed by atoms with Crippen molar-refractivity contribution in [1.82, 2.24) is 25.1 Å². The average Bonchev–Trinajstić information content (AvgIpc) is 3.30. The first kappa shape index (κ1) is 28.0. The number of rotatable bonds is 11. The first-order valence-electron chi connectivity index (χ1n) is 11.8. The summed E-state index contributed by atoms with van der Waals surface area (Å²) in [7, 11) is -0.234. The number of nitrogens with zero attached hydrogens (tertiary/aromatic N) is 4. The zero-order valence-electron chi connectivity index (χ0n) is 21.3. The molecule has 0 fully saturated rings. The van der Waals surface area contributed by atoms with Crippen molar-refractivity contribution in [2.24, 2.45) is 0 Å². The molecule has 3 N–H and O–H groups in total. The highest BCUT2D eigenvalue weighted by Crippen LogP contribution is 2.36. The molecule has 0 saturated heterocycles. The number of ether oxygens (including phenoxy) is 1. The van der Waals surface area contributed by atoms with E-state index < -0.39 is 28.7 Å². The second kappa shape index (κ2) is 12.6. The van der Waals surface area contributed by atoms with E-state index in [2.05, 4.69) is 35.2 Å². The number of aromatic nitrogens is 4. The van der Waals surface area contributed by atoms with Crippen LogP contribution in [0.4, 0.5) is 25.2 Å². The standard InChI is InChI=1S/C24H31F2N7O3S/c1-6-11-37(35)32-19-8-7-17(25)20(21(19)26)22-16(13-33(31-22)14(2)3)18-9-10-27-23(30-18)28-12-15(4)29-24(34)36-5/h7-10,13-15,32H,6,11-12H2,1-5H3,(H,29,34)(H,27,28,30)/t15-,37?/m0/s1. The van der Waals surface area contributed by atoms with Crippen molar-refractivity contribution in [1.29, 1.82) is 0 Å². The second-order valence-electron chi connectivity index (χ2n) is 8.58. The fraction of sp³-hybridized carbons (Fsp3) is 0.417. The molecule has 3 aromatic rings. The van der Waals surface area contributed by atoms with Crippen molar-refractivity contribution in [3.63, 3.8) is 0 Å². The molecule has 0 saturated carbocycles. The molecule has 2 atom stereocenters. The van der Waals surface area contributed by atoms with Crippen molar-refractivity contribution < 1.29 is 22.5 Å². The zero-order chi connectivity index (χ0) is 27.1. The van der Waals surface area contributed by atoms with Gasteiger partial charge in [0.25, 0.3) is 0 Å². The summed E-state index contributed by atoms with van der Waals surface area (Å²) in [5.74, 6) is -1.13. The van der Waals surface area contributed by atoms with Crippen LogP contribution in [0.5, 0.6) is 0 Å². The third-order valence-corrected chi connectivity index (χ3v) is 6.48. The monoisotopic (exact) mass is 535 g/mol. The number of alkyl carbamates (subject to hydrolysis) is 1. The van der Waals surface area contributed by atoms with E-state index in [0.29, 0.717) is 30.0 Å². The summed E-state index contributed by atoms with van der Waals surface area (Å²) in [6.07, 6.45) is 3.26. The number of carbonyl (C=O) groups is 1. The molecule has 1 aromatic carbocycles. The van der Waals surface area contributed by atoms with E-state index in [1.54, 1.807) is 23.9 Å². The number of nitrogens with one attached hydrogen (secondary N) is 3. The molecular weight excluding hydrogens is 504 g/mol. The minimum atomic E-state index is -1.51. The SMILES string of the molecule is CCCS(=O)Nc1ccc(F)c(-c2nn(C(C)C)cc2-c2ccnc(NC[C@H](C)NC(=O)OC)n2)c1F. The lowest BCUT2D eigenvalue weighted by molar-refractivity contribution is 0.168. The van der Waals surface area contributed by atoms with E-state index in [9.17, 15) is 9.00 Å². The molecule has 2 heterocycles. The number of benzene rings is 1. The van der Waals surface area contributed by atoms with Gasteiger partial charge in [0.2, 0.25) is 5.95 Å². The lowest BCUT2D eigenvalue weighted by atomic mass is 10.0. The van der Waals surface area contributed by atoms with Crippen LogP contribution in [-0.4, -0.2) is 55.5 Å². The fourth-order valence-electron chi connectivity index (χ4n) is 3.39. The van der Waals surface area contributed by atoms with Gasteiger partial charge < -0.3 is 20.1 Å². The van der Waals surface area contributed by atoms with Crippen LogP contribution < -0.4 is 15.4 Å². The molecule has 0 spiro atoms. The Morgan fingerprint density at radius 3 is 2.65 bits per heavy atom. The molecule has 3 rings (SSSR count). The topological polar surface area (TPSA) is 123 Å². The molecule has 200 valence electrons. The Morgan fingerprint density at radius 2 is 1.97 bits per heavy atom. The molecule has 10 nitrogen and oxygen atoms in total. The smallest absolute Gasteiger partial charge is 0.407 e. The normalized spacial score (nSPS) is 12.8. The van der Waals surface area contributed by atoms with E-state index >= 15 is 8.78 Å². The summed E-state index contributed by atoms with van der Waals surface area (Å²) in [6.45, 7) is 7.73. The van der Waals surface area contributed by atoms with Crippen molar-refractivity contribution >= 4 is 28.7 Å². The van der Waals surface area contributed by atoms with Crippen LogP contribution in [0.25, 0.3) is 22.5 Å². The third-order valence-electron chi connectivity index (χ3n) is 5.25. The van der Waals surface area contributed by atoms with Gasteiger partial charge in [-0.25, -0.2) is 27.8 Å².